The predicted molar refractivity (Wildman–Crippen MR) is 184 cm³/mol. The monoisotopic (exact) mass is 704 g/mol. The summed E-state index contributed by atoms with van der Waals surface area (Å²) in [5, 5.41) is 18.5. The van der Waals surface area contributed by atoms with E-state index in [1.807, 2.05) is 0 Å². The van der Waals surface area contributed by atoms with Crippen LogP contribution in [0.4, 0.5) is 0 Å². The minimum absolute atomic E-state index is 0.00527. The second-order valence-corrected chi connectivity index (χ2v) is 15.5. The smallest absolute Gasteiger partial charge is 0.303 e. The molecule has 0 bridgehead atoms. The van der Waals surface area contributed by atoms with E-state index in [9.17, 15) is 29.1 Å². The number of carboxylic acids is 1. The number of benzene rings is 1. The van der Waals surface area contributed by atoms with E-state index in [4.69, 9.17) is 23.2 Å². The lowest BCUT2D eigenvalue weighted by atomic mass is 9.69. The number of piperidine rings is 1. The third-order valence-corrected chi connectivity index (χ3v) is 11.8. The molecule has 4 amide bonds. The topological polar surface area (TPSA) is 145 Å². The number of likely N-dealkylation sites (tertiary alicyclic amines) is 1. The molecule has 4 fully saturated rings. The lowest BCUT2D eigenvalue weighted by molar-refractivity contribution is -0.138. The molecule has 1 spiro atoms. The number of halogens is 2. The standard InChI is InChI=1S/C36H50Cl2N4O6/c37-26-19-25(20-27(38)22-26)33(46)41-30(35(48)42-17-15-36(16-18-42)13-3-4-14-36)9-11-31(43)40-29(10-12-32(44)45)34(47)39-28-8-7-23-5-1-2-6-24(23)21-28/h19-20,22-24,28-30H,1-18,21H2,(H,39,47)(H,40,43)(H,41,46)(H,44,45)/t23?,24?,28?,29-,30+/m0/s1. The Morgan fingerprint density at radius 3 is 2.10 bits per heavy atom. The predicted octanol–water partition coefficient (Wildman–Crippen LogP) is 5.88. The van der Waals surface area contributed by atoms with Crippen LogP contribution in [0.25, 0.3) is 0 Å². The highest BCUT2D eigenvalue weighted by molar-refractivity contribution is 6.35. The molecule has 10 nitrogen and oxygen atoms in total. The van der Waals surface area contributed by atoms with Gasteiger partial charge in [-0.1, -0.05) is 61.7 Å². The molecule has 1 aromatic carbocycles. The molecule has 3 unspecified atom stereocenters. The van der Waals surface area contributed by atoms with Crippen LogP contribution < -0.4 is 16.0 Å². The molecule has 3 saturated carbocycles. The largest absolute Gasteiger partial charge is 0.481 e. The van der Waals surface area contributed by atoms with Gasteiger partial charge in [-0.3, -0.25) is 24.0 Å². The number of carboxylic acid groups (broad SMARTS) is 1. The number of hydrogen-bond donors (Lipinski definition) is 4. The summed E-state index contributed by atoms with van der Waals surface area (Å²) in [5.41, 5.74) is 0.500. The molecule has 264 valence electrons. The Bertz CT molecular complexity index is 1320. The van der Waals surface area contributed by atoms with Gasteiger partial charge in [0, 0.05) is 47.6 Å². The van der Waals surface area contributed by atoms with Crippen LogP contribution in [-0.2, 0) is 19.2 Å². The van der Waals surface area contributed by atoms with Gasteiger partial charge in [0.05, 0.1) is 0 Å². The first-order valence-electron chi connectivity index (χ1n) is 17.9. The van der Waals surface area contributed by atoms with E-state index >= 15 is 0 Å². The number of carbonyl (C=O) groups is 5. The molecule has 4 aliphatic rings. The highest BCUT2D eigenvalue weighted by Gasteiger charge is 2.40. The molecule has 5 rings (SSSR count). The van der Waals surface area contributed by atoms with Crippen molar-refractivity contribution in [3.8, 4) is 0 Å². The summed E-state index contributed by atoms with van der Waals surface area (Å²) in [4.78, 5) is 67.0. The van der Waals surface area contributed by atoms with Gasteiger partial charge >= 0.3 is 5.97 Å². The molecule has 48 heavy (non-hydrogen) atoms. The Balaban J connectivity index is 1.21. The molecule has 1 aromatic rings. The van der Waals surface area contributed by atoms with Crippen LogP contribution in [0.3, 0.4) is 0 Å². The summed E-state index contributed by atoms with van der Waals surface area (Å²) < 4.78 is 0. The van der Waals surface area contributed by atoms with Crippen LogP contribution in [0.1, 0.15) is 120 Å². The Labute approximate surface area is 293 Å². The van der Waals surface area contributed by atoms with Crippen molar-refractivity contribution in [3.63, 3.8) is 0 Å². The molecular weight excluding hydrogens is 655 g/mol. The highest BCUT2D eigenvalue weighted by Crippen LogP contribution is 2.46. The zero-order chi connectivity index (χ0) is 34.3. The average Bonchev–Trinajstić information content (AvgIpc) is 3.51. The van der Waals surface area contributed by atoms with Gasteiger partial charge in [-0.05, 0) is 93.2 Å². The zero-order valence-corrected chi connectivity index (χ0v) is 29.3. The van der Waals surface area contributed by atoms with Gasteiger partial charge in [-0.25, -0.2) is 0 Å². The lowest BCUT2D eigenvalue weighted by Crippen LogP contribution is -2.53. The number of nitrogens with zero attached hydrogens (tertiary/aromatic N) is 1. The first-order chi connectivity index (χ1) is 23.0. The molecule has 5 atom stereocenters. The summed E-state index contributed by atoms with van der Waals surface area (Å²) in [6.45, 7) is 1.20. The quantitative estimate of drug-likeness (QED) is 0.214. The van der Waals surface area contributed by atoms with Crippen LogP contribution in [0.5, 0.6) is 0 Å². The van der Waals surface area contributed by atoms with E-state index in [1.54, 1.807) is 4.90 Å². The van der Waals surface area contributed by atoms with Crippen molar-refractivity contribution in [1.82, 2.24) is 20.9 Å². The van der Waals surface area contributed by atoms with Crippen molar-refractivity contribution >= 4 is 52.8 Å². The molecule has 1 saturated heterocycles. The minimum Gasteiger partial charge on any atom is -0.481 e. The fourth-order valence-corrected chi connectivity index (χ4v) is 9.14. The molecule has 3 aliphatic carbocycles. The Morgan fingerprint density at radius 2 is 1.44 bits per heavy atom. The van der Waals surface area contributed by atoms with E-state index in [0.717, 1.165) is 38.0 Å². The van der Waals surface area contributed by atoms with Crippen LogP contribution >= 0.6 is 23.2 Å². The number of fused-ring (bicyclic) bond motifs is 1. The summed E-state index contributed by atoms with van der Waals surface area (Å²) in [7, 11) is 0. The van der Waals surface area contributed by atoms with E-state index < -0.39 is 29.9 Å². The molecule has 1 aliphatic heterocycles. The van der Waals surface area contributed by atoms with E-state index in [1.165, 1.54) is 69.6 Å². The van der Waals surface area contributed by atoms with E-state index in [2.05, 4.69) is 16.0 Å². The number of amides is 4. The van der Waals surface area contributed by atoms with Gasteiger partial charge in [0.1, 0.15) is 12.1 Å². The van der Waals surface area contributed by atoms with Crippen molar-refractivity contribution in [1.29, 1.82) is 0 Å². The van der Waals surface area contributed by atoms with Crippen molar-refractivity contribution in [2.75, 3.05) is 13.1 Å². The van der Waals surface area contributed by atoms with Gasteiger partial charge in [0.25, 0.3) is 5.91 Å². The Hall–Kier alpha value is -2.85. The first-order valence-corrected chi connectivity index (χ1v) is 18.6. The Kier molecular flexibility index (Phi) is 12.7. The number of aliphatic carboxylic acids is 1. The number of rotatable bonds is 12. The van der Waals surface area contributed by atoms with Gasteiger partial charge in [-0.2, -0.15) is 0 Å². The summed E-state index contributed by atoms with van der Waals surface area (Å²) in [5.74, 6) is -1.39. The SMILES string of the molecule is O=C(O)CC[C@H](NC(=O)CC[C@@H](NC(=O)c1cc(Cl)cc(Cl)c1)C(=O)N1CCC2(CCCC2)CC1)C(=O)NC1CCC2CCCCC2C1. The van der Waals surface area contributed by atoms with Gasteiger partial charge in [-0.15, -0.1) is 0 Å². The number of hydrogen-bond acceptors (Lipinski definition) is 5. The fourth-order valence-electron chi connectivity index (χ4n) is 8.62. The van der Waals surface area contributed by atoms with Crippen LogP contribution in [0, 0.1) is 17.3 Å². The Morgan fingerprint density at radius 1 is 0.792 bits per heavy atom. The van der Waals surface area contributed by atoms with Gasteiger partial charge < -0.3 is 26.0 Å². The maximum atomic E-state index is 13.8. The first kappa shape index (κ1) is 36.4. The summed E-state index contributed by atoms with van der Waals surface area (Å²) in [6.07, 6.45) is 14.0. The fraction of sp³-hybridized carbons (Fsp3) is 0.694. The molecule has 12 heteroatoms. The molecular formula is C36H50Cl2N4O6. The zero-order valence-electron chi connectivity index (χ0n) is 27.7. The molecule has 0 radical (unpaired) electrons. The van der Waals surface area contributed by atoms with Crippen LogP contribution in [0.15, 0.2) is 18.2 Å². The van der Waals surface area contributed by atoms with Crippen molar-refractivity contribution < 1.29 is 29.1 Å². The maximum Gasteiger partial charge on any atom is 0.303 e. The normalized spacial score (nSPS) is 24.6. The van der Waals surface area contributed by atoms with Crippen molar-refractivity contribution in [2.24, 2.45) is 17.3 Å². The van der Waals surface area contributed by atoms with E-state index in [-0.39, 0.29) is 59.1 Å². The van der Waals surface area contributed by atoms with Crippen LogP contribution in [-0.4, -0.2) is 70.8 Å². The number of carbonyl (C=O) groups excluding carboxylic acids is 4. The molecule has 1 heterocycles. The highest BCUT2D eigenvalue weighted by atomic mass is 35.5. The van der Waals surface area contributed by atoms with Crippen molar-refractivity contribution in [2.45, 2.75) is 127 Å². The van der Waals surface area contributed by atoms with E-state index in [0.29, 0.717) is 24.4 Å². The molecule has 0 aromatic heterocycles. The second kappa shape index (κ2) is 16.7. The molecule has 4 N–H and O–H groups in total. The third kappa shape index (κ3) is 9.87. The average molecular weight is 706 g/mol. The third-order valence-electron chi connectivity index (χ3n) is 11.4. The van der Waals surface area contributed by atoms with Crippen LogP contribution in [0.2, 0.25) is 10.0 Å². The van der Waals surface area contributed by atoms with Crippen molar-refractivity contribution in [3.05, 3.63) is 33.8 Å². The summed E-state index contributed by atoms with van der Waals surface area (Å²) >= 11 is 12.3. The van der Waals surface area contributed by atoms with Gasteiger partial charge in [0.15, 0.2) is 0 Å². The number of nitrogens with one attached hydrogen (secondary N) is 3. The summed E-state index contributed by atoms with van der Waals surface area (Å²) in [6, 6.07) is 2.45. The lowest BCUT2D eigenvalue weighted by Gasteiger charge is -2.40. The minimum atomic E-state index is -1.06. The maximum absolute atomic E-state index is 13.8. The van der Waals surface area contributed by atoms with Gasteiger partial charge in [0.2, 0.25) is 17.7 Å². The second-order valence-electron chi connectivity index (χ2n) is 14.6.